The van der Waals surface area contributed by atoms with E-state index in [4.69, 9.17) is 0 Å². The minimum atomic E-state index is -3.59. The first-order valence-electron chi connectivity index (χ1n) is 11.1. The van der Waals surface area contributed by atoms with Gasteiger partial charge in [-0.2, -0.15) is 9.40 Å². The second-order valence-electron chi connectivity index (χ2n) is 8.10. The second kappa shape index (κ2) is 9.54. The molecule has 1 amide bonds. The van der Waals surface area contributed by atoms with E-state index in [2.05, 4.69) is 10.4 Å². The Hall–Kier alpha value is -3.27. The molecule has 3 heterocycles. The number of nitrogens with zero attached hydrogens (tertiary/aromatic N) is 3. The van der Waals surface area contributed by atoms with E-state index in [9.17, 15) is 13.2 Å². The number of aromatic nitrogens is 2. The molecule has 0 bridgehead atoms. The summed E-state index contributed by atoms with van der Waals surface area (Å²) in [6.07, 6.45) is 4.48. The zero-order chi connectivity index (χ0) is 23.5. The van der Waals surface area contributed by atoms with E-state index >= 15 is 0 Å². The molecule has 1 aliphatic heterocycles. The number of nitrogens with one attached hydrogen (secondary N) is 1. The summed E-state index contributed by atoms with van der Waals surface area (Å²) in [4.78, 5) is 14.4. The van der Waals surface area contributed by atoms with Gasteiger partial charge in [0.1, 0.15) is 5.69 Å². The molecule has 5 rings (SSSR count). The summed E-state index contributed by atoms with van der Waals surface area (Å²) in [6, 6.07) is 19.9. The first-order valence-corrected chi connectivity index (χ1v) is 13.4. The molecule has 0 aliphatic carbocycles. The van der Waals surface area contributed by atoms with E-state index in [1.54, 1.807) is 29.1 Å². The van der Waals surface area contributed by atoms with Gasteiger partial charge in [-0.05, 0) is 54.6 Å². The molecule has 4 aromatic rings. The fourth-order valence-corrected chi connectivity index (χ4v) is 6.32. The van der Waals surface area contributed by atoms with Crippen LogP contribution in [0.1, 0.15) is 29.6 Å². The van der Waals surface area contributed by atoms with Crippen molar-refractivity contribution in [3.8, 4) is 16.3 Å². The molecule has 0 spiro atoms. The van der Waals surface area contributed by atoms with Gasteiger partial charge >= 0.3 is 0 Å². The predicted molar refractivity (Wildman–Crippen MR) is 134 cm³/mol. The predicted octanol–water partition coefficient (Wildman–Crippen LogP) is 5.03. The zero-order valence-electron chi connectivity index (χ0n) is 18.4. The molecule has 174 valence electrons. The van der Waals surface area contributed by atoms with Crippen molar-refractivity contribution in [1.82, 2.24) is 14.1 Å². The van der Waals surface area contributed by atoms with Crippen molar-refractivity contribution in [1.29, 1.82) is 0 Å². The van der Waals surface area contributed by atoms with Crippen LogP contribution in [0.2, 0.25) is 0 Å². The number of para-hydroxylation sites is 1. The third-order valence-corrected chi connectivity index (χ3v) is 8.55. The van der Waals surface area contributed by atoms with Crippen LogP contribution in [0.4, 0.5) is 5.69 Å². The number of rotatable bonds is 6. The zero-order valence-corrected chi connectivity index (χ0v) is 20.1. The van der Waals surface area contributed by atoms with Gasteiger partial charge in [-0.15, -0.1) is 11.3 Å². The molecule has 0 saturated carbocycles. The lowest BCUT2D eigenvalue weighted by molar-refractivity contribution is 0.102. The van der Waals surface area contributed by atoms with E-state index < -0.39 is 10.0 Å². The Morgan fingerprint density at radius 1 is 0.941 bits per heavy atom. The van der Waals surface area contributed by atoms with Crippen LogP contribution >= 0.6 is 11.3 Å². The molecule has 0 atom stereocenters. The molecule has 0 unspecified atom stereocenters. The minimum absolute atomic E-state index is 0.186. The lowest BCUT2D eigenvalue weighted by atomic mass is 10.2. The summed E-state index contributed by atoms with van der Waals surface area (Å²) in [6.45, 7) is 1.06. The molecular weight excluding hydrogens is 468 g/mol. The summed E-state index contributed by atoms with van der Waals surface area (Å²) in [7, 11) is -3.59. The SMILES string of the molecule is O=C(Nc1cccc(S(=O)(=O)N2CCCCC2)c1)c1cn(-c2ccccc2)nc1-c1cccs1. The maximum atomic E-state index is 13.3. The van der Waals surface area contributed by atoms with Crippen molar-refractivity contribution in [2.75, 3.05) is 18.4 Å². The van der Waals surface area contributed by atoms with Crippen molar-refractivity contribution in [3.05, 3.63) is 83.9 Å². The van der Waals surface area contributed by atoms with Gasteiger partial charge in [-0.1, -0.05) is 36.8 Å². The van der Waals surface area contributed by atoms with Gasteiger partial charge in [0.05, 0.1) is 21.0 Å². The lowest BCUT2D eigenvalue weighted by Gasteiger charge is -2.26. The van der Waals surface area contributed by atoms with Crippen LogP contribution in [0.25, 0.3) is 16.3 Å². The number of piperidine rings is 1. The Balaban J connectivity index is 1.45. The van der Waals surface area contributed by atoms with Crippen LogP contribution in [-0.2, 0) is 10.0 Å². The summed E-state index contributed by atoms with van der Waals surface area (Å²) in [5.41, 5.74) is 2.26. The van der Waals surface area contributed by atoms with Crippen LogP contribution < -0.4 is 5.32 Å². The topological polar surface area (TPSA) is 84.3 Å². The normalized spacial score (nSPS) is 14.7. The van der Waals surface area contributed by atoms with Gasteiger partial charge in [0, 0.05) is 25.0 Å². The van der Waals surface area contributed by atoms with Crippen molar-refractivity contribution in [2.45, 2.75) is 24.2 Å². The summed E-state index contributed by atoms with van der Waals surface area (Å²) in [5, 5.41) is 9.48. The van der Waals surface area contributed by atoms with Gasteiger partial charge < -0.3 is 5.32 Å². The van der Waals surface area contributed by atoms with E-state index in [-0.39, 0.29) is 10.8 Å². The number of hydrogen-bond donors (Lipinski definition) is 1. The Morgan fingerprint density at radius 3 is 2.47 bits per heavy atom. The number of amides is 1. The van der Waals surface area contributed by atoms with Crippen molar-refractivity contribution in [2.24, 2.45) is 0 Å². The number of carbonyl (C=O) groups excluding carboxylic acids is 1. The summed E-state index contributed by atoms with van der Waals surface area (Å²) in [5.74, 6) is -0.349. The lowest BCUT2D eigenvalue weighted by Crippen LogP contribution is -2.35. The molecule has 1 aliphatic rings. The fraction of sp³-hybridized carbons (Fsp3) is 0.200. The standard InChI is InChI=1S/C25H24N4O3S2/c30-25(26-19-9-7-12-21(17-19)34(31,32)28-14-5-2-6-15-28)22-18-29(20-10-3-1-4-11-20)27-24(22)23-13-8-16-33-23/h1,3-4,7-13,16-18H,2,5-6,14-15H2,(H,26,30). The Bertz CT molecular complexity index is 1390. The van der Waals surface area contributed by atoms with Crippen LogP contribution in [0.3, 0.4) is 0 Å². The van der Waals surface area contributed by atoms with Gasteiger partial charge in [0.15, 0.2) is 0 Å². The van der Waals surface area contributed by atoms with Gasteiger partial charge in [0.2, 0.25) is 10.0 Å². The molecule has 1 N–H and O–H groups in total. The molecule has 2 aromatic carbocycles. The second-order valence-corrected chi connectivity index (χ2v) is 11.0. The third-order valence-electron chi connectivity index (χ3n) is 5.78. The molecule has 34 heavy (non-hydrogen) atoms. The number of sulfonamides is 1. The van der Waals surface area contributed by atoms with Crippen molar-refractivity contribution < 1.29 is 13.2 Å². The van der Waals surface area contributed by atoms with Gasteiger partial charge in [0.25, 0.3) is 5.91 Å². The maximum Gasteiger partial charge on any atom is 0.259 e. The largest absolute Gasteiger partial charge is 0.322 e. The number of carbonyl (C=O) groups is 1. The molecule has 9 heteroatoms. The van der Waals surface area contributed by atoms with Crippen LogP contribution in [0.15, 0.2) is 83.2 Å². The van der Waals surface area contributed by atoms with E-state index in [0.29, 0.717) is 30.0 Å². The highest BCUT2D eigenvalue weighted by Crippen LogP contribution is 2.29. The maximum absolute atomic E-state index is 13.3. The number of thiophene rings is 1. The van der Waals surface area contributed by atoms with E-state index in [1.807, 2.05) is 47.8 Å². The average molecular weight is 493 g/mol. The Labute approximate surface area is 202 Å². The summed E-state index contributed by atoms with van der Waals surface area (Å²) >= 11 is 1.50. The Kier molecular flexibility index (Phi) is 6.32. The van der Waals surface area contributed by atoms with E-state index in [1.165, 1.54) is 21.7 Å². The first-order chi connectivity index (χ1) is 16.5. The highest BCUT2D eigenvalue weighted by molar-refractivity contribution is 7.89. The van der Waals surface area contributed by atoms with Gasteiger partial charge in [-0.3, -0.25) is 4.79 Å². The highest BCUT2D eigenvalue weighted by Gasteiger charge is 2.26. The summed E-state index contributed by atoms with van der Waals surface area (Å²) < 4.78 is 29.3. The van der Waals surface area contributed by atoms with E-state index in [0.717, 1.165) is 29.8 Å². The molecule has 0 radical (unpaired) electrons. The number of hydrogen-bond acceptors (Lipinski definition) is 5. The molecular formula is C25H24N4O3S2. The number of anilines is 1. The molecule has 2 aromatic heterocycles. The minimum Gasteiger partial charge on any atom is -0.322 e. The average Bonchev–Trinajstić information content (AvgIpc) is 3.56. The quantitative estimate of drug-likeness (QED) is 0.409. The number of benzene rings is 2. The van der Waals surface area contributed by atoms with Gasteiger partial charge in [-0.25, -0.2) is 13.1 Å². The highest BCUT2D eigenvalue weighted by atomic mass is 32.2. The van der Waals surface area contributed by atoms with Crippen molar-refractivity contribution in [3.63, 3.8) is 0 Å². The first kappa shape index (κ1) is 22.5. The Morgan fingerprint density at radius 2 is 1.74 bits per heavy atom. The monoisotopic (exact) mass is 492 g/mol. The fourth-order valence-electron chi connectivity index (χ4n) is 4.04. The molecule has 7 nitrogen and oxygen atoms in total. The molecule has 1 fully saturated rings. The third kappa shape index (κ3) is 4.54. The van der Waals surface area contributed by atoms with Crippen LogP contribution in [-0.4, -0.2) is 41.5 Å². The molecule has 1 saturated heterocycles. The van der Waals surface area contributed by atoms with Crippen molar-refractivity contribution >= 4 is 33.0 Å². The van der Waals surface area contributed by atoms with Crippen LogP contribution in [0.5, 0.6) is 0 Å². The smallest absolute Gasteiger partial charge is 0.259 e. The van der Waals surface area contributed by atoms with Crippen LogP contribution in [0, 0.1) is 0 Å².